The number of hydrogen-bond acceptors (Lipinski definition) is 0. The van der Waals surface area contributed by atoms with E-state index < -0.39 is 0 Å². The van der Waals surface area contributed by atoms with E-state index in [1.165, 1.54) is 19.3 Å². The van der Waals surface area contributed by atoms with Crippen molar-refractivity contribution in [2.45, 2.75) is 40.0 Å². The molecule has 0 aromatic rings. The molecule has 0 fully saturated rings. The van der Waals surface area contributed by atoms with Crippen LogP contribution in [0.5, 0.6) is 0 Å². The second kappa shape index (κ2) is 3.75. The third kappa shape index (κ3) is 2.53. The third-order valence-electron chi connectivity index (χ3n) is 2.51. The quantitative estimate of drug-likeness (QED) is 0.462. The van der Waals surface area contributed by atoms with Crippen molar-refractivity contribution in [3.05, 3.63) is 23.3 Å². The van der Waals surface area contributed by atoms with E-state index in [0.29, 0.717) is 0 Å². The van der Waals surface area contributed by atoms with Crippen molar-refractivity contribution in [2.24, 2.45) is 5.92 Å². The van der Waals surface area contributed by atoms with Gasteiger partial charge in [-0.2, -0.15) is 0 Å². The van der Waals surface area contributed by atoms with E-state index in [4.69, 9.17) is 0 Å². The van der Waals surface area contributed by atoms with E-state index in [0.717, 1.165) is 5.92 Å². The maximum atomic E-state index is 2.34. The molecule has 1 aliphatic rings. The van der Waals surface area contributed by atoms with Crippen molar-refractivity contribution >= 4 is 0 Å². The molecule has 0 N–H and O–H groups in total. The predicted molar refractivity (Wildman–Crippen MR) is 50.5 cm³/mol. The smallest absolute Gasteiger partial charge is 0.0225 e. The van der Waals surface area contributed by atoms with Gasteiger partial charge >= 0.3 is 0 Å². The molecule has 1 rings (SSSR count). The van der Waals surface area contributed by atoms with E-state index in [9.17, 15) is 0 Å². The highest BCUT2D eigenvalue weighted by molar-refractivity contribution is 5.14. The average Bonchev–Trinajstić information content (AvgIpc) is 1.95. The second-order valence-electron chi connectivity index (χ2n) is 3.71. The van der Waals surface area contributed by atoms with Crippen molar-refractivity contribution in [1.29, 1.82) is 0 Å². The molecule has 1 atom stereocenters. The zero-order valence-electron chi connectivity index (χ0n) is 7.85. The zero-order chi connectivity index (χ0) is 8.27. The van der Waals surface area contributed by atoms with Gasteiger partial charge in [-0.25, -0.2) is 0 Å². The first kappa shape index (κ1) is 8.58. The van der Waals surface area contributed by atoms with Crippen LogP contribution in [-0.4, -0.2) is 0 Å². The van der Waals surface area contributed by atoms with Gasteiger partial charge in [0.05, 0.1) is 0 Å². The molecule has 0 nitrogen and oxygen atoms in total. The standard InChI is InChI=1S/C11H18/c1-9-6-4-5-7-10(2)11(3)8-9/h4,6,9H,5,7-8H2,1-3H3/b6-4-,11-10-. The van der Waals surface area contributed by atoms with Gasteiger partial charge in [0.1, 0.15) is 0 Å². The lowest BCUT2D eigenvalue weighted by Crippen LogP contribution is -1.96. The molecule has 0 saturated carbocycles. The van der Waals surface area contributed by atoms with Crippen molar-refractivity contribution in [3.8, 4) is 0 Å². The van der Waals surface area contributed by atoms with Gasteiger partial charge in [0, 0.05) is 0 Å². The van der Waals surface area contributed by atoms with Crippen LogP contribution in [0.2, 0.25) is 0 Å². The molecular weight excluding hydrogens is 132 g/mol. The number of rotatable bonds is 0. The van der Waals surface area contributed by atoms with E-state index in [2.05, 4.69) is 32.9 Å². The minimum atomic E-state index is 0.741. The van der Waals surface area contributed by atoms with E-state index >= 15 is 0 Å². The van der Waals surface area contributed by atoms with Crippen molar-refractivity contribution in [3.63, 3.8) is 0 Å². The fourth-order valence-electron chi connectivity index (χ4n) is 1.57. The summed E-state index contributed by atoms with van der Waals surface area (Å²) in [4.78, 5) is 0. The van der Waals surface area contributed by atoms with Crippen LogP contribution in [0.4, 0.5) is 0 Å². The average molecular weight is 150 g/mol. The Morgan fingerprint density at radius 3 is 2.73 bits per heavy atom. The number of hydrogen-bond donors (Lipinski definition) is 0. The Labute approximate surface area is 70.0 Å². The molecule has 0 amide bonds. The van der Waals surface area contributed by atoms with Gasteiger partial charge in [0.15, 0.2) is 0 Å². The minimum absolute atomic E-state index is 0.741. The molecule has 1 aliphatic carbocycles. The Kier molecular flexibility index (Phi) is 2.92. The molecule has 0 radical (unpaired) electrons. The summed E-state index contributed by atoms with van der Waals surface area (Å²) in [6, 6.07) is 0. The van der Waals surface area contributed by atoms with E-state index in [1.807, 2.05) is 0 Å². The molecule has 0 spiro atoms. The summed E-state index contributed by atoms with van der Waals surface area (Å²) in [6.07, 6.45) is 8.40. The molecule has 0 heteroatoms. The lowest BCUT2D eigenvalue weighted by molar-refractivity contribution is 0.691. The highest BCUT2D eigenvalue weighted by Gasteiger charge is 2.04. The summed E-state index contributed by atoms with van der Waals surface area (Å²) in [5.74, 6) is 0.741. The first-order valence-corrected chi connectivity index (χ1v) is 4.52. The third-order valence-corrected chi connectivity index (χ3v) is 2.51. The molecule has 1 unspecified atom stereocenters. The monoisotopic (exact) mass is 150 g/mol. The van der Waals surface area contributed by atoms with Crippen LogP contribution in [0.25, 0.3) is 0 Å². The molecular formula is C11H18. The van der Waals surface area contributed by atoms with E-state index in [1.54, 1.807) is 11.1 Å². The van der Waals surface area contributed by atoms with Crippen LogP contribution in [0.3, 0.4) is 0 Å². The van der Waals surface area contributed by atoms with Gasteiger partial charge in [0.25, 0.3) is 0 Å². The molecule has 0 heterocycles. The Balaban J connectivity index is 2.67. The summed E-state index contributed by atoms with van der Waals surface area (Å²) >= 11 is 0. The molecule has 0 aromatic carbocycles. The number of allylic oxidation sites excluding steroid dienone is 4. The fraction of sp³-hybridized carbons (Fsp3) is 0.636. The van der Waals surface area contributed by atoms with Gasteiger partial charge in [-0.15, -0.1) is 0 Å². The maximum absolute atomic E-state index is 2.34. The highest BCUT2D eigenvalue weighted by Crippen LogP contribution is 2.21. The topological polar surface area (TPSA) is 0 Å². The molecule has 0 aliphatic heterocycles. The summed E-state index contributed by atoms with van der Waals surface area (Å²) < 4.78 is 0. The molecule has 62 valence electrons. The van der Waals surface area contributed by atoms with Gasteiger partial charge in [-0.1, -0.05) is 30.2 Å². The van der Waals surface area contributed by atoms with E-state index in [-0.39, 0.29) is 0 Å². The molecule has 0 bridgehead atoms. The Morgan fingerprint density at radius 2 is 2.00 bits per heavy atom. The van der Waals surface area contributed by atoms with Crippen molar-refractivity contribution in [2.75, 3.05) is 0 Å². The molecule has 11 heavy (non-hydrogen) atoms. The SMILES string of the molecule is C/C1=C(\C)CC(C)/C=C\CC1. The first-order chi connectivity index (χ1) is 5.20. The minimum Gasteiger partial charge on any atom is -0.0879 e. The largest absolute Gasteiger partial charge is 0.0879 e. The Bertz CT molecular complexity index is 184. The van der Waals surface area contributed by atoms with Gasteiger partial charge < -0.3 is 0 Å². The fourth-order valence-corrected chi connectivity index (χ4v) is 1.57. The van der Waals surface area contributed by atoms with Crippen molar-refractivity contribution in [1.82, 2.24) is 0 Å². The van der Waals surface area contributed by atoms with Crippen LogP contribution in [0.1, 0.15) is 40.0 Å². The van der Waals surface area contributed by atoms with Crippen LogP contribution in [0.15, 0.2) is 23.3 Å². The van der Waals surface area contributed by atoms with Crippen LogP contribution < -0.4 is 0 Å². The van der Waals surface area contributed by atoms with Crippen LogP contribution in [0, 0.1) is 5.92 Å². The molecule has 0 aromatic heterocycles. The Hall–Kier alpha value is -0.520. The zero-order valence-corrected chi connectivity index (χ0v) is 7.85. The van der Waals surface area contributed by atoms with Gasteiger partial charge in [-0.05, 0) is 39.0 Å². The lowest BCUT2D eigenvalue weighted by atomic mass is 9.93. The van der Waals surface area contributed by atoms with Gasteiger partial charge in [0.2, 0.25) is 0 Å². The van der Waals surface area contributed by atoms with Crippen LogP contribution in [-0.2, 0) is 0 Å². The van der Waals surface area contributed by atoms with Crippen LogP contribution >= 0.6 is 0 Å². The lowest BCUT2D eigenvalue weighted by Gasteiger charge is -2.13. The second-order valence-corrected chi connectivity index (χ2v) is 3.71. The maximum Gasteiger partial charge on any atom is -0.0225 e. The summed E-state index contributed by atoms with van der Waals surface area (Å²) in [5, 5.41) is 0. The first-order valence-electron chi connectivity index (χ1n) is 4.52. The predicted octanol–water partition coefficient (Wildman–Crippen LogP) is 3.70. The summed E-state index contributed by atoms with van der Waals surface area (Å²) in [5.41, 5.74) is 3.20. The van der Waals surface area contributed by atoms with Crippen molar-refractivity contribution < 1.29 is 0 Å². The molecule has 0 saturated heterocycles. The Morgan fingerprint density at radius 1 is 1.27 bits per heavy atom. The summed E-state index contributed by atoms with van der Waals surface area (Å²) in [7, 11) is 0. The van der Waals surface area contributed by atoms with Gasteiger partial charge in [-0.3, -0.25) is 0 Å². The summed E-state index contributed by atoms with van der Waals surface area (Å²) in [6.45, 7) is 6.82. The highest BCUT2D eigenvalue weighted by atomic mass is 14.1. The normalized spacial score (nSPS) is 36.1.